The molecule has 3 heterocycles. The van der Waals surface area contributed by atoms with Crippen LogP contribution in [0.15, 0.2) is 51.3 Å². The maximum Gasteiger partial charge on any atom is 0.412 e. The summed E-state index contributed by atoms with van der Waals surface area (Å²) in [5.41, 5.74) is 0.0783. The van der Waals surface area contributed by atoms with E-state index in [2.05, 4.69) is 21.5 Å². The molecule has 1 saturated carbocycles. The van der Waals surface area contributed by atoms with Gasteiger partial charge in [0.15, 0.2) is 11.5 Å². The fourth-order valence-corrected chi connectivity index (χ4v) is 4.18. The predicted octanol–water partition coefficient (Wildman–Crippen LogP) is 3.84. The molecule has 1 unspecified atom stereocenters. The van der Waals surface area contributed by atoms with Crippen molar-refractivity contribution in [3.63, 3.8) is 0 Å². The lowest BCUT2D eigenvalue weighted by molar-refractivity contribution is -0.310. The van der Waals surface area contributed by atoms with E-state index >= 15 is 0 Å². The Labute approximate surface area is 203 Å². The van der Waals surface area contributed by atoms with Crippen molar-refractivity contribution < 1.29 is 28.3 Å². The van der Waals surface area contributed by atoms with E-state index in [0.29, 0.717) is 24.0 Å². The van der Waals surface area contributed by atoms with Gasteiger partial charge in [-0.3, -0.25) is 5.32 Å². The van der Waals surface area contributed by atoms with Gasteiger partial charge in [-0.25, -0.2) is 4.79 Å². The number of carbonyl (C=O) groups is 2. The lowest BCUT2D eigenvalue weighted by Gasteiger charge is -2.13. The van der Waals surface area contributed by atoms with E-state index in [-0.39, 0.29) is 27.8 Å². The number of fused-ring (bicyclic) bond motifs is 1. The number of carboxylic acid groups (broad SMARTS) is 1. The second kappa shape index (κ2) is 8.67. The number of furan rings is 2. The predicted molar refractivity (Wildman–Crippen MR) is 122 cm³/mol. The number of anilines is 1. The molecule has 0 saturated heterocycles. The molecule has 0 radical (unpaired) electrons. The molecule has 1 atom stereocenters. The summed E-state index contributed by atoms with van der Waals surface area (Å²) >= 11 is 0.895. The quantitative estimate of drug-likeness (QED) is 0.419. The van der Waals surface area contributed by atoms with E-state index in [1.54, 1.807) is 19.1 Å². The monoisotopic (exact) mass is 486 g/mol. The third kappa shape index (κ3) is 4.23. The maximum atomic E-state index is 12.4. The number of hydrogen-bond acceptors (Lipinski definition) is 9. The normalized spacial score (nSPS) is 14.4. The average Bonchev–Trinajstić information content (AvgIpc) is 3.24. The zero-order valence-corrected chi connectivity index (χ0v) is 19.1. The minimum Gasteiger partial charge on any atom is -0.549 e. The van der Waals surface area contributed by atoms with Gasteiger partial charge < -0.3 is 23.5 Å². The highest BCUT2D eigenvalue weighted by Gasteiger charge is 2.49. The first-order valence-electron chi connectivity index (χ1n) is 10.6. The second-order valence-electron chi connectivity index (χ2n) is 8.01. The SMILES string of the molecule is CC(OC(=O)Nc1c(C#Cc2cc3cc(C4(C(=O)[O-])CC4)oc3o2)nsc1C#N)c1ccccc1. The molecule has 35 heavy (non-hydrogen) atoms. The van der Waals surface area contributed by atoms with Crippen LogP contribution in [0.2, 0.25) is 0 Å². The van der Waals surface area contributed by atoms with Crippen LogP contribution in [0, 0.1) is 23.2 Å². The molecule has 0 aliphatic heterocycles. The smallest absolute Gasteiger partial charge is 0.412 e. The number of carbonyl (C=O) groups excluding carboxylic acids is 2. The van der Waals surface area contributed by atoms with Crippen LogP contribution in [0.3, 0.4) is 0 Å². The fourth-order valence-electron chi connectivity index (χ4n) is 3.59. The first-order chi connectivity index (χ1) is 16.9. The molecule has 174 valence electrons. The van der Waals surface area contributed by atoms with Crippen LogP contribution in [-0.4, -0.2) is 16.4 Å². The lowest BCUT2D eigenvalue weighted by Crippen LogP contribution is -2.35. The van der Waals surface area contributed by atoms with E-state index in [1.807, 2.05) is 36.4 Å². The Hall–Kier alpha value is -4.54. The van der Waals surface area contributed by atoms with E-state index < -0.39 is 23.6 Å². The fraction of sp³-hybridized carbons (Fsp3) is 0.200. The van der Waals surface area contributed by atoms with Gasteiger partial charge in [-0.1, -0.05) is 30.3 Å². The lowest BCUT2D eigenvalue weighted by atomic mass is 10.0. The van der Waals surface area contributed by atoms with Gasteiger partial charge in [-0.2, -0.15) is 9.64 Å². The molecule has 9 nitrogen and oxygen atoms in total. The first-order valence-corrected chi connectivity index (χ1v) is 11.4. The molecular weight excluding hydrogens is 470 g/mol. The van der Waals surface area contributed by atoms with Crippen molar-refractivity contribution in [1.29, 1.82) is 5.26 Å². The van der Waals surface area contributed by atoms with Crippen LogP contribution >= 0.6 is 11.5 Å². The molecule has 1 aliphatic carbocycles. The minimum absolute atomic E-state index is 0.150. The number of amides is 1. The van der Waals surface area contributed by atoms with Gasteiger partial charge in [-0.05, 0) is 54.8 Å². The second-order valence-corrected chi connectivity index (χ2v) is 8.79. The number of nitriles is 1. The summed E-state index contributed by atoms with van der Waals surface area (Å²) in [5.74, 6) is 5.13. The summed E-state index contributed by atoms with van der Waals surface area (Å²) in [5, 5.41) is 23.9. The third-order valence-electron chi connectivity index (χ3n) is 5.70. The van der Waals surface area contributed by atoms with Crippen molar-refractivity contribution in [2.75, 3.05) is 5.32 Å². The number of carboxylic acids is 1. The Morgan fingerprint density at radius 1 is 1.23 bits per heavy atom. The van der Waals surface area contributed by atoms with Crippen LogP contribution in [-0.2, 0) is 14.9 Å². The van der Waals surface area contributed by atoms with E-state index in [4.69, 9.17) is 13.6 Å². The van der Waals surface area contributed by atoms with Crippen LogP contribution in [0.4, 0.5) is 10.5 Å². The first kappa shape index (κ1) is 22.3. The highest BCUT2D eigenvalue weighted by Crippen LogP contribution is 2.49. The van der Waals surface area contributed by atoms with Crippen molar-refractivity contribution in [3.8, 4) is 17.9 Å². The van der Waals surface area contributed by atoms with E-state index in [9.17, 15) is 20.0 Å². The van der Waals surface area contributed by atoms with Crippen LogP contribution in [0.1, 0.15) is 53.5 Å². The molecule has 0 bridgehead atoms. The summed E-state index contributed by atoms with van der Waals surface area (Å²) in [4.78, 5) is 24.0. The van der Waals surface area contributed by atoms with Gasteiger partial charge in [0.1, 0.15) is 28.5 Å². The van der Waals surface area contributed by atoms with Crippen molar-refractivity contribution in [3.05, 3.63) is 70.1 Å². The zero-order valence-electron chi connectivity index (χ0n) is 18.3. The number of nitrogens with zero attached hydrogens (tertiary/aromatic N) is 2. The number of rotatable bonds is 5. The molecule has 10 heteroatoms. The van der Waals surface area contributed by atoms with Gasteiger partial charge in [0.25, 0.3) is 5.78 Å². The summed E-state index contributed by atoms with van der Waals surface area (Å²) in [6.45, 7) is 1.74. The third-order valence-corrected chi connectivity index (χ3v) is 6.46. The Morgan fingerprint density at radius 2 is 2.00 bits per heavy atom. The van der Waals surface area contributed by atoms with Gasteiger partial charge >= 0.3 is 6.09 Å². The maximum absolute atomic E-state index is 12.4. The molecule has 1 aliphatic rings. The zero-order chi connectivity index (χ0) is 24.6. The molecule has 1 N–H and O–H groups in total. The van der Waals surface area contributed by atoms with E-state index in [0.717, 1.165) is 17.1 Å². The molecule has 1 fully saturated rings. The van der Waals surface area contributed by atoms with Gasteiger partial charge in [0.05, 0.1) is 16.8 Å². The number of aliphatic carboxylic acids is 1. The number of benzene rings is 1. The van der Waals surface area contributed by atoms with Gasteiger partial charge in [0, 0.05) is 6.07 Å². The van der Waals surface area contributed by atoms with Gasteiger partial charge in [0.2, 0.25) is 0 Å². The number of ether oxygens (including phenoxy) is 1. The number of hydrogen-bond donors (Lipinski definition) is 1. The molecule has 3 aromatic heterocycles. The summed E-state index contributed by atoms with van der Waals surface area (Å²) in [7, 11) is 0. The number of aromatic nitrogens is 1. The summed E-state index contributed by atoms with van der Waals surface area (Å²) < 4.78 is 20.7. The topological polar surface area (TPSA) is 141 Å². The Kier molecular flexibility index (Phi) is 5.51. The Bertz CT molecular complexity index is 1510. The summed E-state index contributed by atoms with van der Waals surface area (Å²) in [6.07, 6.45) is -0.319. The van der Waals surface area contributed by atoms with Crippen molar-refractivity contribution in [1.82, 2.24) is 4.37 Å². The van der Waals surface area contributed by atoms with Crippen molar-refractivity contribution in [2.24, 2.45) is 0 Å². The molecule has 1 amide bonds. The highest BCUT2D eigenvalue weighted by molar-refractivity contribution is 7.07. The van der Waals surface area contributed by atoms with Gasteiger partial charge in [-0.15, -0.1) is 0 Å². The van der Waals surface area contributed by atoms with Crippen LogP contribution in [0.25, 0.3) is 11.2 Å². The summed E-state index contributed by atoms with van der Waals surface area (Å²) in [6, 6.07) is 14.4. The van der Waals surface area contributed by atoms with Crippen LogP contribution in [0.5, 0.6) is 0 Å². The van der Waals surface area contributed by atoms with Crippen LogP contribution < -0.4 is 10.4 Å². The molecule has 0 spiro atoms. The van der Waals surface area contributed by atoms with E-state index in [1.165, 1.54) is 0 Å². The molecule has 4 aromatic rings. The molecule has 5 rings (SSSR count). The molecular formula is C25H16N3O6S-. The Balaban J connectivity index is 1.33. The van der Waals surface area contributed by atoms with Crippen molar-refractivity contribution in [2.45, 2.75) is 31.3 Å². The Morgan fingerprint density at radius 3 is 2.66 bits per heavy atom. The standard InChI is InChI=1S/C25H17N3O6S/c1-14(15-5-3-2-4-6-15)32-24(31)27-21-18(28-35-19(21)13-26)8-7-17-11-16-12-20(34-22(16)33-17)25(9-10-25)23(29)30/h2-6,11-12,14H,9-10H2,1H3,(H,27,31)(H,29,30)/p-1. The average molecular weight is 486 g/mol. The van der Waals surface area contributed by atoms with Crippen molar-refractivity contribution >= 4 is 40.4 Å². The highest BCUT2D eigenvalue weighted by atomic mass is 32.1. The molecule has 1 aromatic carbocycles. The largest absolute Gasteiger partial charge is 0.549 e. The minimum atomic E-state index is -1.16. The number of nitrogens with one attached hydrogen (secondary N) is 1.